The molecule has 0 unspecified atom stereocenters. The Balaban J connectivity index is 2.20. The molecule has 0 aliphatic heterocycles. The Morgan fingerprint density at radius 1 is 1.24 bits per heavy atom. The molecule has 0 fully saturated rings. The summed E-state index contributed by atoms with van der Waals surface area (Å²) in [5.74, 6) is 1.16. The number of aromatic nitrogens is 2. The third-order valence-electron chi connectivity index (χ3n) is 3.24. The lowest BCUT2D eigenvalue weighted by atomic mass is 10.0. The van der Waals surface area contributed by atoms with Crippen molar-refractivity contribution in [3.63, 3.8) is 0 Å². The van der Waals surface area contributed by atoms with Crippen LogP contribution in [0.5, 0.6) is 0 Å². The number of aryl methyl sites for hydroxylation is 2. The summed E-state index contributed by atoms with van der Waals surface area (Å²) >= 11 is 0. The Labute approximate surface area is 124 Å². The van der Waals surface area contributed by atoms with E-state index < -0.39 is 0 Å². The van der Waals surface area contributed by atoms with E-state index in [4.69, 9.17) is 4.74 Å². The van der Waals surface area contributed by atoms with Gasteiger partial charge in [0.25, 0.3) is 0 Å². The standard InChI is InChI=1S/C16H20FN3O/c1-10-7-13(17)5-6-14(10)12(3)19-15-8-11(2)18-16(20-15)9-21-4/h5-8,12H,9H2,1-4H3,(H,18,19,20)/t12-/m0/s1. The number of halogens is 1. The lowest BCUT2D eigenvalue weighted by Crippen LogP contribution is -2.11. The monoisotopic (exact) mass is 289 g/mol. The molecule has 0 saturated carbocycles. The predicted molar refractivity (Wildman–Crippen MR) is 80.7 cm³/mol. The zero-order valence-corrected chi connectivity index (χ0v) is 12.8. The van der Waals surface area contributed by atoms with E-state index in [0.717, 1.165) is 22.6 Å². The van der Waals surface area contributed by atoms with E-state index in [1.54, 1.807) is 13.2 Å². The summed E-state index contributed by atoms with van der Waals surface area (Å²) < 4.78 is 18.2. The highest BCUT2D eigenvalue weighted by Gasteiger charge is 2.11. The van der Waals surface area contributed by atoms with Crippen LogP contribution in [0.15, 0.2) is 24.3 Å². The van der Waals surface area contributed by atoms with E-state index in [9.17, 15) is 4.39 Å². The van der Waals surface area contributed by atoms with Gasteiger partial charge < -0.3 is 10.1 Å². The first kappa shape index (κ1) is 15.4. The summed E-state index contributed by atoms with van der Waals surface area (Å²) in [6, 6.07) is 6.72. The van der Waals surface area contributed by atoms with E-state index in [1.807, 2.05) is 26.8 Å². The van der Waals surface area contributed by atoms with Gasteiger partial charge in [-0.25, -0.2) is 14.4 Å². The number of methoxy groups -OCH3 is 1. The summed E-state index contributed by atoms with van der Waals surface area (Å²) in [5.41, 5.74) is 2.83. The minimum Gasteiger partial charge on any atom is -0.377 e. The van der Waals surface area contributed by atoms with Crippen molar-refractivity contribution in [1.29, 1.82) is 0 Å². The zero-order chi connectivity index (χ0) is 15.4. The average molecular weight is 289 g/mol. The molecule has 0 aliphatic rings. The fourth-order valence-corrected chi connectivity index (χ4v) is 2.32. The average Bonchev–Trinajstić information content (AvgIpc) is 2.37. The quantitative estimate of drug-likeness (QED) is 0.914. The highest BCUT2D eigenvalue weighted by Crippen LogP contribution is 2.22. The summed E-state index contributed by atoms with van der Waals surface area (Å²) in [7, 11) is 1.61. The van der Waals surface area contributed by atoms with Crippen LogP contribution < -0.4 is 5.32 Å². The highest BCUT2D eigenvalue weighted by atomic mass is 19.1. The van der Waals surface area contributed by atoms with Crippen molar-refractivity contribution in [3.05, 3.63) is 52.7 Å². The van der Waals surface area contributed by atoms with Crippen LogP contribution in [0.3, 0.4) is 0 Å². The fraction of sp³-hybridized carbons (Fsp3) is 0.375. The van der Waals surface area contributed by atoms with Gasteiger partial charge in [0.15, 0.2) is 5.82 Å². The normalized spacial score (nSPS) is 12.2. The molecule has 2 rings (SSSR count). The SMILES string of the molecule is COCc1nc(C)cc(N[C@@H](C)c2ccc(F)cc2C)n1. The lowest BCUT2D eigenvalue weighted by Gasteiger charge is -2.18. The second-order valence-electron chi connectivity index (χ2n) is 5.11. The molecule has 112 valence electrons. The van der Waals surface area contributed by atoms with E-state index in [-0.39, 0.29) is 11.9 Å². The van der Waals surface area contributed by atoms with Gasteiger partial charge in [-0.2, -0.15) is 0 Å². The number of nitrogens with one attached hydrogen (secondary N) is 1. The third-order valence-corrected chi connectivity index (χ3v) is 3.24. The van der Waals surface area contributed by atoms with Gasteiger partial charge in [-0.15, -0.1) is 0 Å². The van der Waals surface area contributed by atoms with Crippen molar-refractivity contribution in [3.8, 4) is 0 Å². The van der Waals surface area contributed by atoms with Crippen LogP contribution in [0, 0.1) is 19.7 Å². The lowest BCUT2D eigenvalue weighted by molar-refractivity contribution is 0.177. The van der Waals surface area contributed by atoms with Crippen LogP contribution in [0.2, 0.25) is 0 Å². The molecule has 0 bridgehead atoms. The van der Waals surface area contributed by atoms with Gasteiger partial charge in [-0.1, -0.05) is 6.07 Å². The number of rotatable bonds is 5. The first-order valence-corrected chi connectivity index (χ1v) is 6.85. The maximum absolute atomic E-state index is 13.2. The van der Waals surface area contributed by atoms with Crippen LogP contribution in [0.4, 0.5) is 10.2 Å². The Hall–Kier alpha value is -2.01. The maximum Gasteiger partial charge on any atom is 0.156 e. The maximum atomic E-state index is 13.2. The molecule has 4 nitrogen and oxygen atoms in total. The topological polar surface area (TPSA) is 47.0 Å². The van der Waals surface area contributed by atoms with E-state index in [1.165, 1.54) is 12.1 Å². The summed E-state index contributed by atoms with van der Waals surface area (Å²) in [6.45, 7) is 6.21. The van der Waals surface area contributed by atoms with Gasteiger partial charge in [0.2, 0.25) is 0 Å². The molecule has 0 amide bonds. The van der Waals surface area contributed by atoms with Gasteiger partial charge in [0.05, 0.1) is 6.04 Å². The fourth-order valence-electron chi connectivity index (χ4n) is 2.32. The molecule has 0 radical (unpaired) electrons. The van der Waals surface area contributed by atoms with Gasteiger partial charge in [-0.3, -0.25) is 0 Å². The van der Waals surface area contributed by atoms with Crippen molar-refractivity contribution < 1.29 is 9.13 Å². The Kier molecular flexibility index (Phi) is 4.85. The molecule has 2 aromatic rings. The van der Waals surface area contributed by atoms with E-state index in [2.05, 4.69) is 15.3 Å². The van der Waals surface area contributed by atoms with Crippen molar-refractivity contribution in [2.24, 2.45) is 0 Å². The molecule has 21 heavy (non-hydrogen) atoms. The minimum atomic E-state index is -0.219. The van der Waals surface area contributed by atoms with Crippen LogP contribution in [-0.2, 0) is 11.3 Å². The number of hydrogen-bond donors (Lipinski definition) is 1. The smallest absolute Gasteiger partial charge is 0.156 e. The Morgan fingerprint density at radius 3 is 2.67 bits per heavy atom. The Bertz CT molecular complexity index is 631. The molecule has 1 aromatic carbocycles. The van der Waals surface area contributed by atoms with E-state index in [0.29, 0.717) is 12.4 Å². The second kappa shape index (κ2) is 6.63. The van der Waals surface area contributed by atoms with Gasteiger partial charge >= 0.3 is 0 Å². The molecule has 0 spiro atoms. The van der Waals surface area contributed by atoms with Crippen molar-refractivity contribution >= 4 is 5.82 Å². The number of anilines is 1. The van der Waals surface area contributed by atoms with Crippen LogP contribution in [0.25, 0.3) is 0 Å². The summed E-state index contributed by atoms with van der Waals surface area (Å²) in [5, 5.41) is 3.33. The number of ether oxygens (including phenoxy) is 1. The molecular formula is C16H20FN3O. The zero-order valence-electron chi connectivity index (χ0n) is 12.8. The van der Waals surface area contributed by atoms with E-state index >= 15 is 0 Å². The first-order valence-electron chi connectivity index (χ1n) is 6.85. The molecule has 5 heteroatoms. The minimum absolute atomic E-state index is 0.0234. The van der Waals surface area contributed by atoms with Crippen LogP contribution >= 0.6 is 0 Å². The third kappa shape index (κ3) is 3.98. The Morgan fingerprint density at radius 2 is 2.00 bits per heavy atom. The van der Waals surface area contributed by atoms with Gasteiger partial charge in [0, 0.05) is 18.9 Å². The number of benzene rings is 1. The van der Waals surface area contributed by atoms with Crippen molar-refractivity contribution in [1.82, 2.24) is 9.97 Å². The summed E-state index contributed by atoms with van der Waals surface area (Å²) in [4.78, 5) is 8.72. The molecule has 0 aliphatic carbocycles. The van der Waals surface area contributed by atoms with Crippen molar-refractivity contribution in [2.75, 3.05) is 12.4 Å². The first-order chi connectivity index (χ1) is 9.99. The number of hydrogen-bond acceptors (Lipinski definition) is 4. The molecule has 0 saturated heterocycles. The van der Waals surface area contributed by atoms with Crippen LogP contribution in [0.1, 0.15) is 35.6 Å². The summed E-state index contributed by atoms with van der Waals surface area (Å²) in [6.07, 6.45) is 0. The van der Waals surface area contributed by atoms with Gasteiger partial charge in [0.1, 0.15) is 18.2 Å². The largest absolute Gasteiger partial charge is 0.377 e. The van der Waals surface area contributed by atoms with Crippen molar-refractivity contribution in [2.45, 2.75) is 33.4 Å². The predicted octanol–water partition coefficient (Wildman–Crippen LogP) is 3.55. The molecule has 1 N–H and O–H groups in total. The van der Waals surface area contributed by atoms with Gasteiger partial charge in [-0.05, 0) is 44.0 Å². The molecule has 1 heterocycles. The molecular weight excluding hydrogens is 269 g/mol. The number of nitrogens with zero attached hydrogens (tertiary/aromatic N) is 2. The molecule has 1 atom stereocenters. The van der Waals surface area contributed by atoms with Crippen LogP contribution in [-0.4, -0.2) is 17.1 Å². The second-order valence-corrected chi connectivity index (χ2v) is 5.11. The highest BCUT2D eigenvalue weighted by molar-refractivity contribution is 5.41. The molecule has 1 aromatic heterocycles.